The molecule has 0 aliphatic carbocycles. The van der Waals surface area contributed by atoms with Gasteiger partial charge in [0.1, 0.15) is 5.75 Å². The average molecular weight is 372 g/mol. The first kappa shape index (κ1) is 18.8. The number of Topliss-reactive ketones (excluding diaryl/α,β-unsaturated/α-hetero) is 1. The maximum atomic E-state index is 13.5. The van der Waals surface area contributed by atoms with E-state index < -0.39 is 34.8 Å². The largest absolute Gasteiger partial charge is 0.496 e. The summed E-state index contributed by atoms with van der Waals surface area (Å²) >= 11 is 5.84. The molecule has 2 rings (SSSR count). The number of ether oxygens (including phenoxy) is 1. The van der Waals surface area contributed by atoms with Crippen LogP contribution in [0.2, 0.25) is 5.02 Å². The second kappa shape index (κ2) is 8.02. The van der Waals surface area contributed by atoms with Gasteiger partial charge in [-0.3, -0.25) is 9.59 Å². The van der Waals surface area contributed by atoms with Gasteiger partial charge in [-0.2, -0.15) is 0 Å². The highest BCUT2D eigenvalue weighted by Gasteiger charge is 2.17. The van der Waals surface area contributed by atoms with E-state index in [1.165, 1.54) is 19.2 Å². The fraction of sp³-hybridized carbons (Fsp3) is 0.176. The highest BCUT2D eigenvalue weighted by molar-refractivity contribution is 6.31. The van der Waals surface area contributed by atoms with Crippen molar-refractivity contribution in [2.24, 2.45) is 0 Å². The molecule has 132 valence electrons. The summed E-state index contributed by atoms with van der Waals surface area (Å²) in [6.07, 6.45) is -0.485. The summed E-state index contributed by atoms with van der Waals surface area (Å²) in [6, 6.07) is 6.07. The molecule has 25 heavy (non-hydrogen) atoms. The molecule has 1 N–H and O–H groups in total. The van der Waals surface area contributed by atoms with Gasteiger partial charge in [0.2, 0.25) is 5.91 Å². The Labute approximate surface area is 146 Å². The molecule has 0 saturated carbocycles. The number of amides is 1. The summed E-state index contributed by atoms with van der Waals surface area (Å²) < 4.78 is 44.5. The number of benzene rings is 2. The Hall–Kier alpha value is -2.54. The molecule has 0 heterocycles. The van der Waals surface area contributed by atoms with Gasteiger partial charge in [-0.1, -0.05) is 11.6 Å². The first-order chi connectivity index (χ1) is 11.8. The minimum atomic E-state index is -1.68. The van der Waals surface area contributed by atoms with E-state index >= 15 is 0 Å². The molecule has 0 radical (unpaired) electrons. The van der Waals surface area contributed by atoms with Gasteiger partial charge in [0.15, 0.2) is 23.2 Å². The zero-order valence-corrected chi connectivity index (χ0v) is 13.8. The van der Waals surface area contributed by atoms with Crippen LogP contribution >= 0.6 is 11.6 Å². The second-order valence-electron chi connectivity index (χ2n) is 5.04. The van der Waals surface area contributed by atoms with Crippen molar-refractivity contribution in [1.29, 1.82) is 0 Å². The van der Waals surface area contributed by atoms with Crippen LogP contribution < -0.4 is 10.1 Å². The van der Waals surface area contributed by atoms with E-state index in [1.807, 2.05) is 0 Å². The Morgan fingerprint density at radius 2 is 1.80 bits per heavy atom. The summed E-state index contributed by atoms with van der Waals surface area (Å²) in [5.74, 6) is -5.37. The van der Waals surface area contributed by atoms with E-state index in [0.29, 0.717) is 16.8 Å². The van der Waals surface area contributed by atoms with Gasteiger partial charge in [-0.25, -0.2) is 13.2 Å². The highest BCUT2D eigenvalue weighted by Crippen LogP contribution is 2.25. The Balaban J connectivity index is 2.02. The zero-order chi connectivity index (χ0) is 18.6. The lowest BCUT2D eigenvalue weighted by Crippen LogP contribution is -2.15. The monoisotopic (exact) mass is 371 g/mol. The van der Waals surface area contributed by atoms with Crippen molar-refractivity contribution in [3.8, 4) is 5.75 Å². The van der Waals surface area contributed by atoms with Crippen molar-refractivity contribution < 1.29 is 27.5 Å². The first-order valence-corrected chi connectivity index (χ1v) is 7.51. The molecule has 0 aliphatic heterocycles. The Morgan fingerprint density at radius 1 is 1.08 bits per heavy atom. The van der Waals surface area contributed by atoms with Gasteiger partial charge in [-0.15, -0.1) is 0 Å². The van der Waals surface area contributed by atoms with Crippen molar-refractivity contribution in [1.82, 2.24) is 0 Å². The molecular formula is C17H13ClF3NO3. The fourth-order valence-electron chi connectivity index (χ4n) is 2.09. The lowest BCUT2D eigenvalue weighted by Gasteiger charge is -2.09. The predicted octanol–water partition coefficient (Wildman–Crippen LogP) is 4.37. The number of halogens is 4. The second-order valence-corrected chi connectivity index (χ2v) is 5.48. The maximum Gasteiger partial charge on any atom is 0.224 e. The maximum absolute atomic E-state index is 13.5. The van der Waals surface area contributed by atoms with Crippen LogP contribution in [0, 0.1) is 17.5 Å². The third kappa shape index (κ3) is 4.51. The van der Waals surface area contributed by atoms with Gasteiger partial charge < -0.3 is 10.1 Å². The van der Waals surface area contributed by atoms with Crippen LogP contribution in [-0.2, 0) is 4.79 Å². The van der Waals surface area contributed by atoms with Crippen LogP contribution in [0.15, 0.2) is 30.3 Å². The van der Waals surface area contributed by atoms with E-state index in [2.05, 4.69) is 5.32 Å². The summed E-state index contributed by atoms with van der Waals surface area (Å²) in [6.45, 7) is 0. The molecular weight excluding hydrogens is 359 g/mol. The molecule has 0 aromatic heterocycles. The quantitative estimate of drug-likeness (QED) is 0.606. The van der Waals surface area contributed by atoms with Gasteiger partial charge in [0.05, 0.1) is 18.4 Å². The number of methoxy groups -OCH3 is 1. The molecule has 1 amide bonds. The van der Waals surface area contributed by atoms with E-state index in [-0.39, 0.29) is 18.4 Å². The van der Waals surface area contributed by atoms with Crippen molar-refractivity contribution in [3.05, 3.63) is 58.4 Å². The molecule has 2 aromatic rings. The van der Waals surface area contributed by atoms with Crippen LogP contribution in [-0.4, -0.2) is 18.8 Å². The van der Waals surface area contributed by atoms with E-state index in [0.717, 1.165) is 6.07 Å². The molecule has 4 nitrogen and oxygen atoms in total. The van der Waals surface area contributed by atoms with Crippen LogP contribution in [0.1, 0.15) is 23.2 Å². The van der Waals surface area contributed by atoms with Gasteiger partial charge >= 0.3 is 0 Å². The minimum absolute atomic E-state index is 0.201. The Morgan fingerprint density at radius 3 is 2.48 bits per heavy atom. The SMILES string of the molecule is COc1ccc(Cl)cc1C(=O)CCC(=O)Nc1ccc(F)c(F)c1F. The highest BCUT2D eigenvalue weighted by atomic mass is 35.5. The standard InChI is InChI=1S/C17H13ClF3NO3/c1-25-14-6-2-9(18)8-10(14)13(23)5-7-15(24)22-12-4-3-11(19)16(20)17(12)21/h2-4,6,8H,5,7H2,1H3,(H,22,24). The molecule has 0 unspecified atom stereocenters. The molecule has 0 aliphatic rings. The van der Waals surface area contributed by atoms with Crippen molar-refractivity contribution >= 4 is 29.0 Å². The molecule has 2 aromatic carbocycles. The van der Waals surface area contributed by atoms with E-state index in [4.69, 9.17) is 16.3 Å². The number of hydrogen-bond acceptors (Lipinski definition) is 3. The summed E-state index contributed by atoms with van der Waals surface area (Å²) in [4.78, 5) is 24.0. The lowest BCUT2D eigenvalue weighted by molar-refractivity contribution is -0.116. The van der Waals surface area contributed by atoms with Gasteiger partial charge in [-0.05, 0) is 30.3 Å². The third-order valence-electron chi connectivity index (χ3n) is 3.35. The molecule has 0 bridgehead atoms. The summed E-state index contributed by atoms with van der Waals surface area (Å²) in [5, 5.41) is 2.43. The molecule has 0 fully saturated rings. The first-order valence-electron chi connectivity index (χ1n) is 7.13. The van der Waals surface area contributed by atoms with Crippen molar-refractivity contribution in [2.75, 3.05) is 12.4 Å². The smallest absolute Gasteiger partial charge is 0.224 e. The topological polar surface area (TPSA) is 55.4 Å². The number of carbonyl (C=O) groups excluding carboxylic acids is 2. The van der Waals surface area contributed by atoms with Crippen LogP contribution in [0.4, 0.5) is 18.9 Å². The summed E-state index contributed by atoms with van der Waals surface area (Å²) in [7, 11) is 1.39. The Kier molecular flexibility index (Phi) is 6.03. The summed E-state index contributed by atoms with van der Waals surface area (Å²) in [5.41, 5.74) is -0.293. The van der Waals surface area contributed by atoms with Crippen LogP contribution in [0.25, 0.3) is 0 Å². The normalized spacial score (nSPS) is 10.4. The van der Waals surface area contributed by atoms with E-state index in [1.54, 1.807) is 6.07 Å². The number of anilines is 1. The zero-order valence-electron chi connectivity index (χ0n) is 13.0. The minimum Gasteiger partial charge on any atom is -0.496 e. The number of nitrogens with one attached hydrogen (secondary N) is 1. The molecule has 8 heteroatoms. The predicted molar refractivity (Wildman–Crippen MR) is 86.5 cm³/mol. The average Bonchev–Trinajstić information content (AvgIpc) is 2.60. The lowest BCUT2D eigenvalue weighted by atomic mass is 10.1. The van der Waals surface area contributed by atoms with Crippen molar-refractivity contribution in [2.45, 2.75) is 12.8 Å². The molecule has 0 saturated heterocycles. The van der Waals surface area contributed by atoms with E-state index in [9.17, 15) is 22.8 Å². The number of rotatable bonds is 6. The fourth-order valence-corrected chi connectivity index (χ4v) is 2.27. The van der Waals surface area contributed by atoms with Crippen LogP contribution in [0.5, 0.6) is 5.75 Å². The van der Waals surface area contributed by atoms with Crippen LogP contribution in [0.3, 0.4) is 0 Å². The van der Waals surface area contributed by atoms with Gasteiger partial charge in [0, 0.05) is 17.9 Å². The van der Waals surface area contributed by atoms with Crippen molar-refractivity contribution in [3.63, 3.8) is 0 Å². The number of carbonyl (C=O) groups is 2. The number of ketones is 1. The number of hydrogen-bond donors (Lipinski definition) is 1. The molecule has 0 spiro atoms. The Bertz CT molecular complexity index is 827. The van der Waals surface area contributed by atoms with Gasteiger partial charge in [0.25, 0.3) is 0 Å². The third-order valence-corrected chi connectivity index (χ3v) is 3.59. The molecule has 0 atom stereocenters.